The molecular formula is C22H30N2O3. The smallest absolute Gasteiger partial charge is 0.307 e. The van der Waals surface area contributed by atoms with Crippen molar-refractivity contribution < 1.29 is 14.7 Å². The number of allylic oxidation sites excluding steroid dienone is 2. The van der Waals surface area contributed by atoms with Crippen LogP contribution in [-0.4, -0.2) is 53.0 Å². The maximum atomic E-state index is 13.0. The predicted molar refractivity (Wildman–Crippen MR) is 105 cm³/mol. The summed E-state index contributed by atoms with van der Waals surface area (Å²) in [6, 6.07) is 8.57. The molecule has 2 aliphatic rings. The van der Waals surface area contributed by atoms with E-state index in [-0.39, 0.29) is 5.91 Å². The molecule has 5 heteroatoms. The van der Waals surface area contributed by atoms with Gasteiger partial charge in [0.2, 0.25) is 5.91 Å². The van der Waals surface area contributed by atoms with Crippen LogP contribution in [0.25, 0.3) is 0 Å². The van der Waals surface area contributed by atoms with Crippen molar-refractivity contribution in [3.63, 3.8) is 0 Å². The van der Waals surface area contributed by atoms with E-state index in [9.17, 15) is 14.7 Å². The first-order valence-electron chi connectivity index (χ1n) is 9.80. The first-order valence-corrected chi connectivity index (χ1v) is 9.80. The Bertz CT molecular complexity index is 730. The highest BCUT2D eigenvalue weighted by Gasteiger charge is 2.39. The number of nitrogens with zero attached hydrogens (tertiary/aromatic N) is 2. The second kappa shape index (κ2) is 8.26. The van der Waals surface area contributed by atoms with Crippen LogP contribution in [0.4, 0.5) is 0 Å². The van der Waals surface area contributed by atoms with Gasteiger partial charge in [-0.1, -0.05) is 41.0 Å². The lowest BCUT2D eigenvalue weighted by Gasteiger charge is -2.38. The molecule has 2 unspecified atom stereocenters. The molecule has 1 saturated heterocycles. The topological polar surface area (TPSA) is 60.9 Å². The van der Waals surface area contributed by atoms with E-state index in [2.05, 4.69) is 36.1 Å². The molecule has 0 radical (unpaired) electrons. The number of benzene rings is 1. The van der Waals surface area contributed by atoms with Gasteiger partial charge in [-0.3, -0.25) is 14.5 Å². The van der Waals surface area contributed by atoms with Gasteiger partial charge in [-0.2, -0.15) is 0 Å². The average Bonchev–Trinajstić information content (AvgIpc) is 2.65. The predicted octanol–water partition coefficient (Wildman–Crippen LogP) is 3.09. The lowest BCUT2D eigenvalue weighted by atomic mass is 9.76. The highest BCUT2D eigenvalue weighted by molar-refractivity contribution is 5.85. The van der Waals surface area contributed by atoms with Gasteiger partial charge in [0, 0.05) is 32.7 Å². The monoisotopic (exact) mass is 370 g/mol. The van der Waals surface area contributed by atoms with E-state index in [1.807, 2.05) is 18.7 Å². The fraction of sp³-hybridized carbons (Fsp3) is 0.545. The van der Waals surface area contributed by atoms with Gasteiger partial charge in [0.25, 0.3) is 0 Å². The van der Waals surface area contributed by atoms with Crippen molar-refractivity contribution in [3.8, 4) is 0 Å². The van der Waals surface area contributed by atoms with Crippen LogP contribution in [0.5, 0.6) is 0 Å². The molecule has 1 fully saturated rings. The van der Waals surface area contributed by atoms with Crippen molar-refractivity contribution in [2.45, 2.75) is 40.2 Å². The van der Waals surface area contributed by atoms with Crippen LogP contribution in [0.15, 0.2) is 35.4 Å². The van der Waals surface area contributed by atoms with E-state index in [4.69, 9.17) is 0 Å². The maximum Gasteiger partial charge on any atom is 0.307 e. The highest BCUT2D eigenvalue weighted by atomic mass is 16.4. The molecular weight excluding hydrogens is 340 g/mol. The largest absolute Gasteiger partial charge is 0.481 e. The first kappa shape index (κ1) is 19.6. The lowest BCUT2D eigenvalue weighted by molar-refractivity contribution is -0.151. The maximum absolute atomic E-state index is 13.0. The fourth-order valence-corrected chi connectivity index (χ4v) is 4.12. The second-order valence-corrected chi connectivity index (χ2v) is 8.11. The number of aliphatic carboxylic acids is 1. The van der Waals surface area contributed by atoms with E-state index in [0.29, 0.717) is 25.9 Å². The van der Waals surface area contributed by atoms with Gasteiger partial charge in [0.05, 0.1) is 11.8 Å². The third kappa shape index (κ3) is 4.59. The van der Waals surface area contributed by atoms with Crippen LogP contribution in [0.2, 0.25) is 0 Å². The molecule has 1 N–H and O–H groups in total. The number of carbonyl (C=O) groups excluding carboxylic acids is 1. The van der Waals surface area contributed by atoms with Crippen LogP contribution < -0.4 is 0 Å². The molecule has 0 saturated carbocycles. The summed E-state index contributed by atoms with van der Waals surface area (Å²) in [7, 11) is 0. The highest BCUT2D eigenvalue weighted by Crippen LogP contribution is 2.35. The van der Waals surface area contributed by atoms with Crippen LogP contribution in [-0.2, 0) is 16.1 Å². The van der Waals surface area contributed by atoms with Gasteiger partial charge in [-0.15, -0.1) is 0 Å². The van der Waals surface area contributed by atoms with E-state index in [0.717, 1.165) is 25.2 Å². The molecule has 27 heavy (non-hydrogen) atoms. The van der Waals surface area contributed by atoms with E-state index >= 15 is 0 Å². The molecule has 1 aromatic rings. The number of aryl methyl sites for hydroxylation is 1. The number of hydrogen-bond acceptors (Lipinski definition) is 3. The lowest BCUT2D eigenvalue weighted by Crippen LogP contribution is -2.51. The van der Waals surface area contributed by atoms with Crippen LogP contribution in [0, 0.1) is 18.8 Å². The molecule has 1 aliphatic heterocycles. The van der Waals surface area contributed by atoms with Crippen LogP contribution in [0.1, 0.15) is 37.8 Å². The van der Waals surface area contributed by atoms with E-state index in [1.165, 1.54) is 16.7 Å². The van der Waals surface area contributed by atoms with Crippen molar-refractivity contribution in [3.05, 3.63) is 46.5 Å². The van der Waals surface area contributed by atoms with E-state index < -0.39 is 17.8 Å². The standard InChI is InChI=1S/C22H30N2O3/c1-15-4-6-18(7-5-15)14-23-8-10-24(11-9-23)21(25)19-12-16(2)17(3)13-20(19)22(26)27/h4-7,19-20H,8-14H2,1-3H3,(H,26,27). The Morgan fingerprint density at radius 3 is 2.04 bits per heavy atom. The number of hydrogen-bond donors (Lipinski definition) is 1. The second-order valence-electron chi connectivity index (χ2n) is 8.11. The molecule has 5 nitrogen and oxygen atoms in total. The average molecular weight is 370 g/mol. The minimum absolute atomic E-state index is 0.0178. The molecule has 3 rings (SSSR count). The molecule has 2 atom stereocenters. The number of rotatable bonds is 4. The minimum Gasteiger partial charge on any atom is -0.481 e. The summed E-state index contributed by atoms with van der Waals surface area (Å²) >= 11 is 0. The zero-order valence-corrected chi connectivity index (χ0v) is 16.6. The summed E-state index contributed by atoms with van der Waals surface area (Å²) in [5.41, 5.74) is 4.84. The molecule has 146 valence electrons. The Balaban J connectivity index is 1.59. The van der Waals surface area contributed by atoms with Gasteiger partial charge in [0.1, 0.15) is 0 Å². The van der Waals surface area contributed by atoms with Gasteiger partial charge in [0.15, 0.2) is 0 Å². The number of amides is 1. The fourth-order valence-electron chi connectivity index (χ4n) is 4.12. The number of carbonyl (C=O) groups is 2. The molecule has 0 bridgehead atoms. The van der Waals surface area contributed by atoms with E-state index in [1.54, 1.807) is 0 Å². The van der Waals surface area contributed by atoms with Gasteiger partial charge >= 0.3 is 5.97 Å². The summed E-state index contributed by atoms with van der Waals surface area (Å²) in [5.74, 6) is -1.84. The van der Waals surface area contributed by atoms with Gasteiger partial charge in [-0.25, -0.2) is 0 Å². The SMILES string of the molecule is CC1=C(C)CC(C(=O)N2CCN(Cc3ccc(C)cc3)CC2)C(C(=O)O)C1. The Kier molecular flexibility index (Phi) is 6.00. The molecule has 1 heterocycles. The zero-order valence-electron chi connectivity index (χ0n) is 16.6. The zero-order chi connectivity index (χ0) is 19.6. The Morgan fingerprint density at radius 2 is 1.48 bits per heavy atom. The van der Waals surface area contributed by atoms with Gasteiger partial charge < -0.3 is 10.0 Å². The summed E-state index contributed by atoms with van der Waals surface area (Å²) in [6.45, 7) is 10.00. The molecule has 1 aromatic carbocycles. The Labute approximate surface area is 161 Å². The third-order valence-electron chi connectivity index (χ3n) is 6.11. The van der Waals surface area contributed by atoms with Crippen molar-refractivity contribution in [1.29, 1.82) is 0 Å². The third-order valence-corrected chi connectivity index (χ3v) is 6.11. The molecule has 1 amide bonds. The number of piperazine rings is 1. The van der Waals surface area contributed by atoms with Gasteiger partial charge in [-0.05, 0) is 39.2 Å². The molecule has 0 aromatic heterocycles. The van der Waals surface area contributed by atoms with Crippen LogP contribution in [0.3, 0.4) is 0 Å². The normalized spacial score (nSPS) is 24.2. The quantitative estimate of drug-likeness (QED) is 0.828. The van der Waals surface area contributed by atoms with Crippen molar-refractivity contribution in [2.24, 2.45) is 11.8 Å². The summed E-state index contributed by atoms with van der Waals surface area (Å²) in [5, 5.41) is 9.58. The molecule has 1 aliphatic carbocycles. The van der Waals surface area contributed by atoms with Crippen molar-refractivity contribution in [2.75, 3.05) is 26.2 Å². The Morgan fingerprint density at radius 1 is 0.926 bits per heavy atom. The Hall–Kier alpha value is -2.14. The summed E-state index contributed by atoms with van der Waals surface area (Å²) in [4.78, 5) is 29.0. The summed E-state index contributed by atoms with van der Waals surface area (Å²) in [6.07, 6.45) is 1.07. The van der Waals surface area contributed by atoms with Crippen molar-refractivity contribution >= 4 is 11.9 Å². The first-order chi connectivity index (χ1) is 12.8. The van der Waals surface area contributed by atoms with Crippen LogP contribution >= 0.6 is 0 Å². The van der Waals surface area contributed by atoms with Crippen molar-refractivity contribution in [1.82, 2.24) is 9.80 Å². The summed E-state index contributed by atoms with van der Waals surface area (Å²) < 4.78 is 0. The molecule has 0 spiro atoms. The number of carboxylic acid groups (broad SMARTS) is 1. The minimum atomic E-state index is -0.849. The number of carboxylic acids is 1.